The Kier molecular flexibility index (Phi) is 4.24. The molecule has 0 aliphatic carbocycles. The molecule has 0 bridgehead atoms. The van der Waals surface area contributed by atoms with Crippen molar-refractivity contribution >= 4 is 17.6 Å². The fourth-order valence-corrected chi connectivity index (χ4v) is 3.55. The van der Waals surface area contributed by atoms with Gasteiger partial charge in [0.25, 0.3) is 0 Å². The first-order valence-electron chi connectivity index (χ1n) is 8.21. The molecule has 6 nitrogen and oxygen atoms in total. The summed E-state index contributed by atoms with van der Waals surface area (Å²) in [7, 11) is 0. The summed E-state index contributed by atoms with van der Waals surface area (Å²) in [4.78, 5) is 18.5. The van der Waals surface area contributed by atoms with Gasteiger partial charge in [-0.15, -0.1) is 0 Å². The zero-order chi connectivity index (χ0) is 16.5. The van der Waals surface area contributed by atoms with E-state index in [9.17, 15) is 4.79 Å². The number of piperidine rings is 1. The van der Waals surface area contributed by atoms with Crippen LogP contribution < -0.4 is 0 Å². The normalized spacial score (nSPS) is 25.0. The maximum Gasteiger partial charge on any atom is 0.323 e. The van der Waals surface area contributed by atoms with Gasteiger partial charge in [0.15, 0.2) is 0 Å². The molecule has 0 N–H and O–H groups in total. The topological polar surface area (TPSA) is 68.5 Å². The Morgan fingerprint density at radius 1 is 1.21 bits per heavy atom. The highest BCUT2D eigenvalue weighted by Gasteiger charge is 2.36. The van der Waals surface area contributed by atoms with Crippen LogP contribution in [0, 0.1) is 0 Å². The standard InChI is InChI=1S/C17H18ClN3O3/c18-13-5-3-11(4-6-13)15-19-16(24-20-15)12-2-1-8-21(10-12)14-7-9-23-17(14)22/h3-6,12,14H,1-2,7-10H2/t12-,14+/m1/s1. The van der Waals surface area contributed by atoms with Crippen molar-refractivity contribution in [1.82, 2.24) is 15.0 Å². The number of halogens is 1. The molecule has 7 heteroatoms. The van der Waals surface area contributed by atoms with E-state index in [-0.39, 0.29) is 17.9 Å². The van der Waals surface area contributed by atoms with Crippen LogP contribution in [0.15, 0.2) is 28.8 Å². The Bertz CT molecular complexity index is 731. The first kappa shape index (κ1) is 15.6. The second-order valence-corrected chi connectivity index (χ2v) is 6.71. The lowest BCUT2D eigenvalue weighted by Gasteiger charge is -2.33. The number of esters is 1. The van der Waals surface area contributed by atoms with Gasteiger partial charge in [-0.05, 0) is 43.7 Å². The average Bonchev–Trinajstić information content (AvgIpc) is 3.25. The van der Waals surface area contributed by atoms with Gasteiger partial charge in [-0.3, -0.25) is 9.69 Å². The van der Waals surface area contributed by atoms with Crippen molar-refractivity contribution in [1.29, 1.82) is 0 Å². The van der Waals surface area contributed by atoms with E-state index in [0.717, 1.165) is 37.9 Å². The van der Waals surface area contributed by atoms with Crippen molar-refractivity contribution in [3.63, 3.8) is 0 Å². The Hall–Kier alpha value is -1.92. The van der Waals surface area contributed by atoms with Gasteiger partial charge >= 0.3 is 5.97 Å². The number of cyclic esters (lactones) is 1. The second kappa shape index (κ2) is 6.53. The van der Waals surface area contributed by atoms with Crippen molar-refractivity contribution in [2.45, 2.75) is 31.2 Å². The van der Waals surface area contributed by atoms with Gasteiger partial charge in [0.05, 0.1) is 12.5 Å². The van der Waals surface area contributed by atoms with Crippen LogP contribution in [0.5, 0.6) is 0 Å². The Labute approximate surface area is 144 Å². The quantitative estimate of drug-likeness (QED) is 0.795. The zero-order valence-electron chi connectivity index (χ0n) is 13.2. The molecule has 0 spiro atoms. The summed E-state index contributed by atoms with van der Waals surface area (Å²) in [6.45, 7) is 2.18. The summed E-state index contributed by atoms with van der Waals surface area (Å²) < 4.78 is 10.6. The van der Waals surface area contributed by atoms with Crippen molar-refractivity contribution in [2.24, 2.45) is 0 Å². The molecule has 0 radical (unpaired) electrons. The van der Waals surface area contributed by atoms with Gasteiger partial charge in [0, 0.05) is 23.6 Å². The van der Waals surface area contributed by atoms with E-state index in [1.54, 1.807) is 12.1 Å². The SMILES string of the molecule is O=C1OCC[C@@H]1N1CCC[C@@H](c2nc(-c3ccc(Cl)cc3)no2)C1. The average molecular weight is 348 g/mol. The van der Waals surface area contributed by atoms with Gasteiger partial charge in [0.1, 0.15) is 6.04 Å². The van der Waals surface area contributed by atoms with Crippen LogP contribution in [0.2, 0.25) is 5.02 Å². The highest BCUT2D eigenvalue weighted by molar-refractivity contribution is 6.30. The number of hydrogen-bond acceptors (Lipinski definition) is 6. The molecule has 2 saturated heterocycles. The van der Waals surface area contributed by atoms with Gasteiger partial charge in [-0.2, -0.15) is 4.98 Å². The minimum atomic E-state index is -0.119. The molecule has 2 aliphatic heterocycles. The minimum absolute atomic E-state index is 0.108. The van der Waals surface area contributed by atoms with Crippen molar-refractivity contribution in [3.05, 3.63) is 35.2 Å². The maximum absolute atomic E-state index is 11.8. The first-order chi connectivity index (χ1) is 11.7. The van der Waals surface area contributed by atoms with Gasteiger partial charge in [-0.1, -0.05) is 16.8 Å². The number of nitrogens with zero attached hydrogens (tertiary/aromatic N) is 3. The van der Waals surface area contributed by atoms with E-state index >= 15 is 0 Å². The third-order valence-corrected chi connectivity index (χ3v) is 4.95. The molecule has 0 amide bonds. The van der Waals surface area contributed by atoms with Crippen LogP contribution >= 0.6 is 11.6 Å². The van der Waals surface area contributed by atoms with E-state index in [4.69, 9.17) is 20.9 Å². The third kappa shape index (κ3) is 3.03. The van der Waals surface area contributed by atoms with Gasteiger partial charge < -0.3 is 9.26 Å². The zero-order valence-corrected chi connectivity index (χ0v) is 13.9. The summed E-state index contributed by atoms with van der Waals surface area (Å²) in [5.74, 6) is 1.25. The van der Waals surface area contributed by atoms with E-state index in [1.807, 2.05) is 12.1 Å². The second-order valence-electron chi connectivity index (χ2n) is 6.27. The monoisotopic (exact) mass is 347 g/mol. The van der Waals surface area contributed by atoms with Crippen LogP contribution in [-0.2, 0) is 9.53 Å². The predicted molar refractivity (Wildman–Crippen MR) is 87.7 cm³/mol. The van der Waals surface area contributed by atoms with E-state index < -0.39 is 0 Å². The molecule has 0 saturated carbocycles. The molecule has 4 rings (SSSR count). The van der Waals surface area contributed by atoms with Gasteiger partial charge in [-0.25, -0.2) is 0 Å². The Morgan fingerprint density at radius 3 is 2.79 bits per heavy atom. The Balaban J connectivity index is 1.49. The summed E-state index contributed by atoms with van der Waals surface area (Å²) in [5.41, 5.74) is 0.876. The summed E-state index contributed by atoms with van der Waals surface area (Å²) in [6.07, 6.45) is 2.76. The molecule has 1 aromatic heterocycles. The molecule has 2 aromatic rings. The van der Waals surface area contributed by atoms with Crippen molar-refractivity contribution < 1.29 is 14.1 Å². The highest BCUT2D eigenvalue weighted by Crippen LogP contribution is 2.30. The van der Waals surface area contributed by atoms with Crippen LogP contribution in [0.4, 0.5) is 0 Å². The highest BCUT2D eigenvalue weighted by atomic mass is 35.5. The summed E-state index contributed by atoms with van der Waals surface area (Å²) >= 11 is 5.91. The fourth-order valence-electron chi connectivity index (χ4n) is 3.43. The number of ether oxygens (including phenoxy) is 1. The third-order valence-electron chi connectivity index (χ3n) is 4.69. The summed E-state index contributed by atoms with van der Waals surface area (Å²) in [6, 6.07) is 7.24. The number of benzene rings is 1. The van der Waals surface area contributed by atoms with Crippen LogP contribution in [0.3, 0.4) is 0 Å². The molecule has 3 heterocycles. The first-order valence-corrected chi connectivity index (χ1v) is 8.59. The van der Waals surface area contributed by atoms with Crippen LogP contribution in [0.1, 0.15) is 31.1 Å². The fraction of sp³-hybridized carbons (Fsp3) is 0.471. The number of aromatic nitrogens is 2. The number of carbonyl (C=O) groups excluding carboxylic acids is 1. The molecule has 1 aromatic carbocycles. The lowest BCUT2D eigenvalue weighted by molar-refractivity contribution is -0.142. The molecule has 2 fully saturated rings. The van der Waals surface area contributed by atoms with Crippen molar-refractivity contribution in [2.75, 3.05) is 19.7 Å². The van der Waals surface area contributed by atoms with E-state index in [1.165, 1.54) is 0 Å². The maximum atomic E-state index is 11.8. The molecular weight excluding hydrogens is 330 g/mol. The number of likely N-dealkylation sites (tertiary alicyclic amines) is 1. The van der Waals surface area contributed by atoms with E-state index in [0.29, 0.717) is 23.3 Å². The van der Waals surface area contributed by atoms with Crippen LogP contribution in [0.25, 0.3) is 11.4 Å². The van der Waals surface area contributed by atoms with Crippen LogP contribution in [-0.4, -0.2) is 46.7 Å². The molecule has 126 valence electrons. The summed E-state index contributed by atoms with van der Waals surface area (Å²) in [5, 5.41) is 4.76. The number of hydrogen-bond donors (Lipinski definition) is 0. The Morgan fingerprint density at radius 2 is 2.04 bits per heavy atom. The number of rotatable bonds is 3. The smallest absolute Gasteiger partial charge is 0.323 e. The van der Waals surface area contributed by atoms with E-state index in [2.05, 4.69) is 15.0 Å². The minimum Gasteiger partial charge on any atom is -0.464 e. The molecule has 2 aliphatic rings. The molecule has 0 unspecified atom stereocenters. The van der Waals surface area contributed by atoms with Crippen molar-refractivity contribution in [3.8, 4) is 11.4 Å². The lowest BCUT2D eigenvalue weighted by Crippen LogP contribution is -2.44. The molecule has 2 atom stereocenters. The molecular formula is C17H18ClN3O3. The molecule has 24 heavy (non-hydrogen) atoms. The number of carbonyl (C=O) groups is 1. The predicted octanol–water partition coefficient (Wildman–Crippen LogP) is 2.88. The van der Waals surface area contributed by atoms with Gasteiger partial charge in [0.2, 0.25) is 11.7 Å². The largest absolute Gasteiger partial charge is 0.464 e. The lowest BCUT2D eigenvalue weighted by atomic mass is 9.96.